The summed E-state index contributed by atoms with van der Waals surface area (Å²) in [6.45, 7) is 0.306. The molecule has 0 aliphatic rings. The van der Waals surface area contributed by atoms with E-state index in [1.807, 2.05) is 60.9 Å². The Hall–Kier alpha value is -3.39. The molecule has 2 aromatic carbocycles. The van der Waals surface area contributed by atoms with Crippen LogP contribution in [0.25, 0.3) is 11.0 Å². The van der Waals surface area contributed by atoms with Crippen LogP contribution in [-0.2, 0) is 6.54 Å². The number of nitrogens with zero attached hydrogens (tertiary/aromatic N) is 3. The topological polar surface area (TPSA) is 92.7 Å². The summed E-state index contributed by atoms with van der Waals surface area (Å²) in [6, 6.07) is 19.9. The molecular formula is C23H23N5O2S. The number of nitrogens with one attached hydrogen (secondary N) is 2. The molecule has 4 aromatic rings. The van der Waals surface area contributed by atoms with Crippen LogP contribution in [0.3, 0.4) is 0 Å². The number of hydrogen-bond acceptors (Lipinski definition) is 5. The molecule has 7 nitrogen and oxygen atoms in total. The van der Waals surface area contributed by atoms with Crippen LogP contribution in [0, 0.1) is 0 Å². The number of para-hydroxylation sites is 2. The second-order valence-corrected chi connectivity index (χ2v) is 8.13. The fraction of sp³-hybridized carbons (Fsp3) is 0.217. The predicted molar refractivity (Wildman–Crippen MR) is 123 cm³/mol. The first kappa shape index (κ1) is 20.9. The van der Waals surface area contributed by atoms with E-state index < -0.39 is 0 Å². The Kier molecular flexibility index (Phi) is 6.47. The van der Waals surface area contributed by atoms with Gasteiger partial charge in [0.15, 0.2) is 0 Å². The van der Waals surface area contributed by atoms with Gasteiger partial charge in [0.25, 0.3) is 11.5 Å². The van der Waals surface area contributed by atoms with E-state index >= 15 is 0 Å². The van der Waals surface area contributed by atoms with Crippen LogP contribution in [0.1, 0.15) is 34.3 Å². The summed E-state index contributed by atoms with van der Waals surface area (Å²) in [5.74, 6) is 1.23. The van der Waals surface area contributed by atoms with Crippen LogP contribution >= 0.6 is 11.8 Å². The van der Waals surface area contributed by atoms with Gasteiger partial charge in [-0.2, -0.15) is 16.9 Å². The normalized spacial score (nSPS) is 12.0. The zero-order chi connectivity index (χ0) is 21.6. The molecule has 0 aliphatic carbocycles. The SMILES string of the molecule is CSCCC(NC(=O)c1ccc(=O)n(Cc2ccccc2)n1)c1nc2ccccc2[nH]1. The predicted octanol–water partition coefficient (Wildman–Crippen LogP) is 3.39. The van der Waals surface area contributed by atoms with Crippen molar-refractivity contribution >= 4 is 28.7 Å². The lowest BCUT2D eigenvalue weighted by molar-refractivity contribution is 0.0926. The molecule has 0 fully saturated rings. The molecule has 8 heteroatoms. The van der Waals surface area contributed by atoms with Crippen LogP contribution in [0.5, 0.6) is 0 Å². The van der Waals surface area contributed by atoms with Gasteiger partial charge in [-0.25, -0.2) is 9.67 Å². The van der Waals surface area contributed by atoms with E-state index in [2.05, 4.69) is 20.4 Å². The number of hydrogen-bond donors (Lipinski definition) is 2. The Morgan fingerprint density at radius 3 is 2.65 bits per heavy atom. The number of thioether (sulfide) groups is 1. The van der Waals surface area contributed by atoms with Gasteiger partial charge in [-0.1, -0.05) is 42.5 Å². The molecule has 0 saturated heterocycles. The van der Waals surface area contributed by atoms with E-state index in [9.17, 15) is 9.59 Å². The van der Waals surface area contributed by atoms with Crippen molar-refractivity contribution in [2.75, 3.05) is 12.0 Å². The second-order valence-electron chi connectivity index (χ2n) is 7.15. The minimum absolute atomic E-state index is 0.195. The highest BCUT2D eigenvalue weighted by molar-refractivity contribution is 7.98. The minimum atomic E-state index is -0.339. The summed E-state index contributed by atoms with van der Waals surface area (Å²) in [5, 5.41) is 7.33. The number of aromatic amines is 1. The van der Waals surface area contributed by atoms with Crippen molar-refractivity contribution in [2.45, 2.75) is 19.0 Å². The first-order valence-corrected chi connectivity index (χ1v) is 11.4. The van der Waals surface area contributed by atoms with Crippen molar-refractivity contribution in [1.82, 2.24) is 25.1 Å². The largest absolute Gasteiger partial charge is 0.341 e. The van der Waals surface area contributed by atoms with E-state index in [-0.39, 0.29) is 23.2 Å². The Balaban J connectivity index is 1.56. The van der Waals surface area contributed by atoms with Crippen LogP contribution < -0.4 is 10.9 Å². The average Bonchev–Trinajstić information content (AvgIpc) is 3.23. The molecular weight excluding hydrogens is 410 g/mol. The number of benzene rings is 2. The van der Waals surface area contributed by atoms with E-state index in [1.165, 1.54) is 16.8 Å². The van der Waals surface area contributed by atoms with Crippen LogP contribution in [-0.4, -0.2) is 37.7 Å². The minimum Gasteiger partial charge on any atom is -0.341 e. The average molecular weight is 434 g/mol. The summed E-state index contributed by atoms with van der Waals surface area (Å²) >= 11 is 1.71. The maximum absolute atomic E-state index is 13.0. The lowest BCUT2D eigenvalue weighted by Crippen LogP contribution is -2.33. The molecule has 1 amide bonds. The monoisotopic (exact) mass is 433 g/mol. The Bertz CT molecular complexity index is 1200. The van der Waals surface area contributed by atoms with Crippen LogP contribution in [0.2, 0.25) is 0 Å². The molecule has 1 unspecified atom stereocenters. The quantitative estimate of drug-likeness (QED) is 0.444. The molecule has 4 rings (SSSR count). The van der Waals surface area contributed by atoms with E-state index in [0.29, 0.717) is 12.4 Å². The molecule has 0 saturated carbocycles. The van der Waals surface area contributed by atoms with Gasteiger partial charge in [0, 0.05) is 6.07 Å². The van der Waals surface area contributed by atoms with Gasteiger partial charge >= 0.3 is 0 Å². The summed E-state index contributed by atoms with van der Waals surface area (Å²) in [5.41, 5.74) is 2.66. The highest BCUT2D eigenvalue weighted by Gasteiger charge is 2.20. The number of imidazole rings is 1. The lowest BCUT2D eigenvalue weighted by atomic mass is 10.2. The fourth-order valence-corrected chi connectivity index (χ4v) is 3.79. The van der Waals surface area contributed by atoms with Gasteiger partial charge in [-0.3, -0.25) is 9.59 Å². The lowest BCUT2D eigenvalue weighted by Gasteiger charge is -2.16. The highest BCUT2D eigenvalue weighted by atomic mass is 32.2. The van der Waals surface area contributed by atoms with Crippen molar-refractivity contribution in [3.8, 4) is 0 Å². The van der Waals surface area contributed by atoms with Crippen molar-refractivity contribution in [1.29, 1.82) is 0 Å². The molecule has 0 bridgehead atoms. The van der Waals surface area contributed by atoms with Gasteiger partial charge in [-0.05, 0) is 42.2 Å². The number of aromatic nitrogens is 4. The van der Waals surface area contributed by atoms with Crippen molar-refractivity contribution in [2.24, 2.45) is 0 Å². The third kappa shape index (κ3) is 5.03. The van der Waals surface area contributed by atoms with E-state index in [0.717, 1.165) is 28.8 Å². The number of amides is 1. The van der Waals surface area contributed by atoms with Crippen molar-refractivity contribution < 1.29 is 4.79 Å². The summed E-state index contributed by atoms with van der Waals surface area (Å²) in [4.78, 5) is 33.2. The molecule has 158 valence electrons. The van der Waals surface area contributed by atoms with Gasteiger partial charge in [0.05, 0.1) is 23.6 Å². The van der Waals surface area contributed by atoms with Gasteiger partial charge in [-0.15, -0.1) is 0 Å². The number of H-pyrrole nitrogens is 1. The number of rotatable bonds is 8. The first-order valence-electron chi connectivity index (χ1n) is 10.0. The molecule has 2 aromatic heterocycles. The van der Waals surface area contributed by atoms with Gasteiger partial charge < -0.3 is 10.3 Å². The molecule has 2 heterocycles. The molecule has 31 heavy (non-hydrogen) atoms. The highest BCUT2D eigenvalue weighted by Crippen LogP contribution is 2.20. The zero-order valence-corrected chi connectivity index (χ0v) is 17.9. The van der Waals surface area contributed by atoms with E-state index in [4.69, 9.17) is 0 Å². The van der Waals surface area contributed by atoms with Crippen molar-refractivity contribution in [3.05, 3.63) is 94.2 Å². The van der Waals surface area contributed by atoms with Crippen LogP contribution in [0.15, 0.2) is 71.5 Å². The van der Waals surface area contributed by atoms with Gasteiger partial charge in [0.2, 0.25) is 0 Å². The molecule has 1 atom stereocenters. The Morgan fingerprint density at radius 2 is 1.87 bits per heavy atom. The second kappa shape index (κ2) is 9.61. The standard InChI is InChI=1S/C23H23N5O2S/c1-31-14-13-19(22-24-17-9-5-6-10-18(17)25-22)26-23(30)20-11-12-21(29)28(27-20)15-16-7-3-2-4-8-16/h2-12,19H,13-15H2,1H3,(H,24,25)(H,26,30). The maximum atomic E-state index is 13.0. The Labute approximate surface area is 183 Å². The van der Waals surface area contributed by atoms with Gasteiger partial charge in [0.1, 0.15) is 11.5 Å². The summed E-state index contributed by atoms with van der Waals surface area (Å²) in [6.07, 6.45) is 2.74. The smallest absolute Gasteiger partial charge is 0.272 e. The first-order chi connectivity index (χ1) is 15.1. The Morgan fingerprint density at radius 1 is 1.10 bits per heavy atom. The number of carbonyl (C=O) groups excluding carboxylic acids is 1. The molecule has 2 N–H and O–H groups in total. The third-order valence-electron chi connectivity index (χ3n) is 4.93. The maximum Gasteiger partial charge on any atom is 0.272 e. The molecule has 0 spiro atoms. The molecule has 0 aliphatic heterocycles. The summed E-state index contributed by atoms with van der Waals surface area (Å²) in [7, 11) is 0. The van der Waals surface area contributed by atoms with Crippen molar-refractivity contribution in [3.63, 3.8) is 0 Å². The zero-order valence-electron chi connectivity index (χ0n) is 17.1. The fourth-order valence-electron chi connectivity index (χ4n) is 3.32. The van der Waals surface area contributed by atoms with Crippen LogP contribution in [0.4, 0.5) is 0 Å². The van der Waals surface area contributed by atoms with E-state index in [1.54, 1.807) is 11.8 Å². The molecule has 0 radical (unpaired) electrons. The third-order valence-corrected chi connectivity index (χ3v) is 5.57. The number of fused-ring (bicyclic) bond motifs is 1. The summed E-state index contributed by atoms with van der Waals surface area (Å²) < 4.78 is 1.31. The number of carbonyl (C=O) groups is 1.